The maximum absolute atomic E-state index is 13.7. The molecule has 6 heteroatoms. The molecule has 0 spiro atoms. The Bertz CT molecular complexity index is 1250. The zero-order chi connectivity index (χ0) is 22.0. The lowest BCUT2D eigenvalue weighted by molar-refractivity contribution is -0.114. The second-order valence-corrected chi connectivity index (χ2v) is 8.79. The Hall–Kier alpha value is -2.92. The van der Waals surface area contributed by atoms with E-state index in [4.69, 9.17) is 23.2 Å². The van der Waals surface area contributed by atoms with Crippen LogP contribution in [0.3, 0.4) is 0 Å². The minimum absolute atomic E-state index is 0.191. The number of carbonyl (C=O) groups is 2. The third kappa shape index (κ3) is 4.57. The quantitative estimate of drug-likeness (QED) is 0.308. The van der Waals surface area contributed by atoms with Gasteiger partial charge < -0.3 is 5.32 Å². The van der Waals surface area contributed by atoms with Crippen molar-refractivity contribution in [3.05, 3.63) is 100 Å². The fraction of sp³-hybridized carbons (Fsp3) is 0.0400. The predicted molar refractivity (Wildman–Crippen MR) is 129 cm³/mol. The monoisotopic (exact) mass is 465 g/mol. The van der Waals surface area contributed by atoms with Crippen molar-refractivity contribution in [2.45, 2.75) is 6.92 Å². The van der Waals surface area contributed by atoms with E-state index in [1.165, 1.54) is 18.3 Å². The van der Waals surface area contributed by atoms with Gasteiger partial charge in [-0.3, -0.25) is 9.59 Å². The number of hydrogen-bond acceptors (Lipinski definition) is 3. The van der Waals surface area contributed by atoms with Crippen LogP contribution in [-0.4, -0.2) is 11.7 Å². The van der Waals surface area contributed by atoms with Gasteiger partial charge in [0.15, 0.2) is 5.78 Å². The highest BCUT2D eigenvalue weighted by Crippen LogP contribution is 2.47. The standard InChI is InChI=1S/C25H17Cl2NO2S/c1-15(29)28-25-22(23(30)17-9-13-20(27)14-10-17)21(16-7-11-19(26)12-8-16)24(31-25)18-5-3-2-4-6-18/h2-14H,1H3,(H,28,29). The van der Waals surface area contributed by atoms with Gasteiger partial charge in [0.2, 0.25) is 5.91 Å². The van der Waals surface area contributed by atoms with E-state index in [2.05, 4.69) is 5.32 Å². The highest BCUT2D eigenvalue weighted by atomic mass is 35.5. The molecule has 0 saturated carbocycles. The Balaban J connectivity index is 2.01. The van der Waals surface area contributed by atoms with E-state index in [0.717, 1.165) is 21.6 Å². The number of halogens is 2. The molecule has 0 fully saturated rings. The van der Waals surface area contributed by atoms with Gasteiger partial charge in [0.1, 0.15) is 5.00 Å². The maximum Gasteiger partial charge on any atom is 0.221 e. The Labute approximate surface area is 194 Å². The van der Waals surface area contributed by atoms with Crippen molar-refractivity contribution >= 4 is 51.2 Å². The van der Waals surface area contributed by atoms with Crippen LogP contribution in [0, 0.1) is 0 Å². The number of benzene rings is 3. The Morgan fingerprint density at radius 1 is 0.774 bits per heavy atom. The number of anilines is 1. The van der Waals surface area contributed by atoms with Crippen molar-refractivity contribution in [2.24, 2.45) is 0 Å². The van der Waals surface area contributed by atoms with E-state index in [1.807, 2.05) is 42.5 Å². The minimum atomic E-state index is -0.242. The van der Waals surface area contributed by atoms with Gasteiger partial charge in [-0.1, -0.05) is 65.7 Å². The molecule has 1 aromatic heterocycles. The molecule has 4 rings (SSSR count). The summed E-state index contributed by atoms with van der Waals surface area (Å²) in [6.45, 7) is 1.43. The van der Waals surface area contributed by atoms with E-state index >= 15 is 0 Å². The van der Waals surface area contributed by atoms with E-state index in [1.54, 1.807) is 36.4 Å². The fourth-order valence-electron chi connectivity index (χ4n) is 3.33. The summed E-state index contributed by atoms with van der Waals surface area (Å²) in [6.07, 6.45) is 0. The summed E-state index contributed by atoms with van der Waals surface area (Å²) in [7, 11) is 0. The first kappa shape index (κ1) is 21.3. The number of thiophene rings is 1. The van der Waals surface area contributed by atoms with Crippen LogP contribution in [0.1, 0.15) is 22.8 Å². The number of rotatable bonds is 5. The first-order valence-electron chi connectivity index (χ1n) is 9.50. The molecule has 3 nitrogen and oxygen atoms in total. The molecule has 0 unspecified atom stereocenters. The van der Waals surface area contributed by atoms with Gasteiger partial charge in [-0.15, -0.1) is 11.3 Å². The molecule has 0 aliphatic rings. The summed E-state index contributed by atoms with van der Waals surface area (Å²) < 4.78 is 0. The molecule has 0 saturated heterocycles. The van der Waals surface area contributed by atoms with Crippen molar-refractivity contribution in [1.29, 1.82) is 0 Å². The molecule has 0 atom stereocenters. The summed E-state index contributed by atoms with van der Waals surface area (Å²) in [5, 5.41) is 4.52. The molecular formula is C25H17Cl2NO2S. The highest BCUT2D eigenvalue weighted by Gasteiger charge is 2.27. The van der Waals surface area contributed by atoms with Crippen LogP contribution in [0.15, 0.2) is 78.9 Å². The molecule has 3 aromatic carbocycles. The van der Waals surface area contributed by atoms with E-state index in [9.17, 15) is 9.59 Å². The van der Waals surface area contributed by atoms with Crippen molar-refractivity contribution in [3.8, 4) is 21.6 Å². The third-order valence-electron chi connectivity index (χ3n) is 4.70. The molecule has 0 aliphatic carbocycles. The lowest BCUT2D eigenvalue weighted by Gasteiger charge is -2.10. The predicted octanol–water partition coefficient (Wildman–Crippen LogP) is 7.58. The van der Waals surface area contributed by atoms with Crippen molar-refractivity contribution < 1.29 is 9.59 Å². The summed E-state index contributed by atoms with van der Waals surface area (Å²) in [6, 6.07) is 23.9. The maximum atomic E-state index is 13.7. The van der Waals surface area contributed by atoms with E-state index in [-0.39, 0.29) is 11.7 Å². The molecule has 4 aromatic rings. The van der Waals surface area contributed by atoms with Crippen LogP contribution in [-0.2, 0) is 4.79 Å². The lowest BCUT2D eigenvalue weighted by atomic mass is 9.93. The molecule has 154 valence electrons. The van der Waals surface area contributed by atoms with Crippen molar-refractivity contribution in [3.63, 3.8) is 0 Å². The molecule has 1 amide bonds. The number of amides is 1. The normalized spacial score (nSPS) is 10.7. The number of carbonyl (C=O) groups excluding carboxylic acids is 2. The van der Waals surface area contributed by atoms with Crippen LogP contribution in [0.2, 0.25) is 10.0 Å². The van der Waals surface area contributed by atoms with Crippen LogP contribution < -0.4 is 5.32 Å². The molecule has 1 heterocycles. The average Bonchev–Trinajstić information content (AvgIpc) is 3.13. The summed E-state index contributed by atoms with van der Waals surface area (Å²) in [5.41, 5.74) is 3.50. The second-order valence-electron chi connectivity index (χ2n) is 6.90. The van der Waals surface area contributed by atoms with Crippen LogP contribution >= 0.6 is 34.5 Å². The van der Waals surface area contributed by atoms with E-state index in [0.29, 0.717) is 26.2 Å². The van der Waals surface area contributed by atoms with Crippen molar-refractivity contribution in [2.75, 3.05) is 5.32 Å². The first-order valence-corrected chi connectivity index (χ1v) is 11.1. The second kappa shape index (κ2) is 9.06. The Morgan fingerprint density at radius 3 is 1.94 bits per heavy atom. The van der Waals surface area contributed by atoms with Gasteiger partial charge in [-0.05, 0) is 47.5 Å². The van der Waals surface area contributed by atoms with Gasteiger partial charge in [0.25, 0.3) is 0 Å². The molecule has 0 bridgehead atoms. The van der Waals surface area contributed by atoms with Crippen LogP contribution in [0.5, 0.6) is 0 Å². The van der Waals surface area contributed by atoms with Crippen molar-refractivity contribution in [1.82, 2.24) is 0 Å². The Morgan fingerprint density at radius 2 is 1.35 bits per heavy atom. The van der Waals surface area contributed by atoms with E-state index < -0.39 is 0 Å². The number of nitrogens with one attached hydrogen (secondary N) is 1. The van der Waals surface area contributed by atoms with Crippen LogP contribution in [0.4, 0.5) is 5.00 Å². The molecule has 0 radical (unpaired) electrons. The minimum Gasteiger partial charge on any atom is -0.317 e. The van der Waals surface area contributed by atoms with Crippen LogP contribution in [0.25, 0.3) is 21.6 Å². The molecular weight excluding hydrogens is 449 g/mol. The fourth-order valence-corrected chi connectivity index (χ4v) is 4.85. The first-order chi connectivity index (χ1) is 14.9. The summed E-state index contributed by atoms with van der Waals surface area (Å²) in [5.74, 6) is -0.433. The number of hydrogen-bond donors (Lipinski definition) is 1. The zero-order valence-corrected chi connectivity index (χ0v) is 18.8. The smallest absolute Gasteiger partial charge is 0.221 e. The molecule has 31 heavy (non-hydrogen) atoms. The number of ketones is 1. The van der Waals surface area contributed by atoms with Gasteiger partial charge in [0, 0.05) is 33.0 Å². The zero-order valence-electron chi connectivity index (χ0n) is 16.5. The largest absolute Gasteiger partial charge is 0.317 e. The average molecular weight is 466 g/mol. The molecule has 1 N–H and O–H groups in total. The summed E-state index contributed by atoms with van der Waals surface area (Å²) in [4.78, 5) is 26.5. The third-order valence-corrected chi connectivity index (χ3v) is 6.36. The SMILES string of the molecule is CC(=O)Nc1sc(-c2ccccc2)c(-c2ccc(Cl)cc2)c1C(=O)c1ccc(Cl)cc1. The highest BCUT2D eigenvalue weighted by molar-refractivity contribution is 7.20. The summed E-state index contributed by atoms with van der Waals surface area (Å²) >= 11 is 13.5. The van der Waals surface area contributed by atoms with Gasteiger partial charge in [-0.25, -0.2) is 0 Å². The van der Waals surface area contributed by atoms with Gasteiger partial charge in [0.05, 0.1) is 5.56 Å². The molecule has 0 aliphatic heterocycles. The lowest BCUT2D eigenvalue weighted by Crippen LogP contribution is -2.10. The van der Waals surface area contributed by atoms with Gasteiger partial charge >= 0.3 is 0 Å². The Kier molecular flexibility index (Phi) is 6.23. The topological polar surface area (TPSA) is 46.2 Å². The van der Waals surface area contributed by atoms with Gasteiger partial charge in [-0.2, -0.15) is 0 Å².